The number of hydrogen-bond acceptors (Lipinski definition) is 5. The van der Waals surface area contributed by atoms with E-state index >= 15 is 0 Å². The lowest BCUT2D eigenvalue weighted by Crippen LogP contribution is -2.43. The fraction of sp³-hybridized carbons (Fsp3) is 0.333. The van der Waals surface area contributed by atoms with Gasteiger partial charge < -0.3 is 9.64 Å². The van der Waals surface area contributed by atoms with Crippen molar-refractivity contribution >= 4 is 27.3 Å². The first-order valence-electron chi connectivity index (χ1n) is 8.33. The van der Waals surface area contributed by atoms with Crippen molar-refractivity contribution in [3.05, 3.63) is 54.4 Å². The van der Waals surface area contributed by atoms with Crippen LogP contribution in [0.25, 0.3) is 0 Å². The number of anilines is 2. The second kappa shape index (κ2) is 7.84. The molecule has 3 rings (SSSR count). The highest BCUT2D eigenvalue weighted by Gasteiger charge is 2.28. The fourth-order valence-corrected chi connectivity index (χ4v) is 3.53. The highest BCUT2D eigenvalue weighted by molar-refractivity contribution is 7.92. The number of aromatic nitrogens is 1. The largest absolute Gasteiger partial charge is 0.381 e. The SMILES string of the molecule is CS(=O)(=O)Nc1ccc(N(C(=O)c2cccnc2)C2CCOCC2)cc1. The lowest BCUT2D eigenvalue weighted by Gasteiger charge is -2.34. The maximum Gasteiger partial charge on any atom is 0.260 e. The predicted molar refractivity (Wildman–Crippen MR) is 99.8 cm³/mol. The van der Waals surface area contributed by atoms with Crippen LogP contribution in [-0.4, -0.2) is 44.8 Å². The minimum Gasteiger partial charge on any atom is -0.381 e. The molecule has 0 radical (unpaired) electrons. The van der Waals surface area contributed by atoms with Gasteiger partial charge in [0.1, 0.15) is 0 Å². The smallest absolute Gasteiger partial charge is 0.260 e. The minimum absolute atomic E-state index is 0.0187. The van der Waals surface area contributed by atoms with Crippen molar-refractivity contribution in [3.8, 4) is 0 Å². The quantitative estimate of drug-likeness (QED) is 0.866. The van der Waals surface area contributed by atoms with E-state index in [0.29, 0.717) is 30.2 Å². The normalized spacial score (nSPS) is 15.4. The van der Waals surface area contributed by atoms with E-state index in [0.717, 1.165) is 19.1 Å². The van der Waals surface area contributed by atoms with Gasteiger partial charge in [-0.15, -0.1) is 0 Å². The van der Waals surface area contributed by atoms with Gasteiger partial charge in [0.15, 0.2) is 0 Å². The average Bonchev–Trinajstić information content (AvgIpc) is 2.64. The van der Waals surface area contributed by atoms with Crippen LogP contribution in [0.1, 0.15) is 23.2 Å². The summed E-state index contributed by atoms with van der Waals surface area (Å²) in [5.41, 5.74) is 1.68. The van der Waals surface area contributed by atoms with Gasteiger partial charge in [-0.25, -0.2) is 8.42 Å². The van der Waals surface area contributed by atoms with Gasteiger partial charge >= 0.3 is 0 Å². The van der Waals surface area contributed by atoms with Crippen LogP contribution in [0.2, 0.25) is 0 Å². The molecule has 0 saturated carbocycles. The zero-order chi connectivity index (χ0) is 18.6. The maximum absolute atomic E-state index is 13.1. The van der Waals surface area contributed by atoms with Crippen LogP contribution in [-0.2, 0) is 14.8 Å². The van der Waals surface area contributed by atoms with Crippen molar-refractivity contribution in [1.82, 2.24) is 4.98 Å². The van der Waals surface area contributed by atoms with E-state index in [1.807, 2.05) is 0 Å². The number of ether oxygens (including phenoxy) is 1. The van der Waals surface area contributed by atoms with Crippen molar-refractivity contribution in [2.75, 3.05) is 29.1 Å². The van der Waals surface area contributed by atoms with Gasteiger partial charge in [0.25, 0.3) is 5.91 Å². The Morgan fingerprint density at radius 3 is 2.46 bits per heavy atom. The number of carbonyl (C=O) groups excluding carboxylic acids is 1. The van der Waals surface area contributed by atoms with E-state index in [2.05, 4.69) is 9.71 Å². The Hall–Kier alpha value is -2.45. The first-order valence-corrected chi connectivity index (χ1v) is 10.2. The molecule has 0 atom stereocenters. The molecule has 1 saturated heterocycles. The highest BCUT2D eigenvalue weighted by Crippen LogP contribution is 2.26. The van der Waals surface area contributed by atoms with Crippen LogP contribution in [0, 0.1) is 0 Å². The Kier molecular flexibility index (Phi) is 5.53. The molecular weight excluding hydrogens is 354 g/mol. The Morgan fingerprint density at radius 2 is 1.88 bits per heavy atom. The number of nitrogens with zero attached hydrogens (tertiary/aromatic N) is 2. The third kappa shape index (κ3) is 4.59. The van der Waals surface area contributed by atoms with Crippen molar-refractivity contribution in [3.63, 3.8) is 0 Å². The van der Waals surface area contributed by atoms with E-state index in [9.17, 15) is 13.2 Å². The van der Waals surface area contributed by atoms with Gasteiger partial charge in [-0.2, -0.15) is 0 Å². The Morgan fingerprint density at radius 1 is 1.19 bits per heavy atom. The molecule has 0 aliphatic carbocycles. The van der Waals surface area contributed by atoms with Gasteiger partial charge in [0.05, 0.1) is 11.8 Å². The molecule has 1 aromatic heterocycles. The molecule has 1 amide bonds. The van der Waals surface area contributed by atoms with Crippen LogP contribution in [0.3, 0.4) is 0 Å². The summed E-state index contributed by atoms with van der Waals surface area (Å²) in [5.74, 6) is -0.131. The number of carbonyl (C=O) groups is 1. The molecule has 2 aromatic rings. The lowest BCUT2D eigenvalue weighted by molar-refractivity contribution is 0.0772. The molecule has 0 bridgehead atoms. The maximum atomic E-state index is 13.1. The molecule has 26 heavy (non-hydrogen) atoms. The van der Waals surface area contributed by atoms with Gasteiger partial charge in [-0.05, 0) is 49.2 Å². The Bertz CT molecular complexity index is 848. The highest BCUT2D eigenvalue weighted by atomic mass is 32.2. The summed E-state index contributed by atoms with van der Waals surface area (Å²) in [5, 5.41) is 0. The number of nitrogens with one attached hydrogen (secondary N) is 1. The van der Waals surface area contributed by atoms with E-state index in [1.165, 1.54) is 0 Å². The van der Waals surface area contributed by atoms with E-state index < -0.39 is 10.0 Å². The standard InChI is InChI=1S/C18H21N3O4S/c1-26(23,24)20-15-4-6-16(7-5-15)21(17-8-11-25-12-9-17)18(22)14-3-2-10-19-13-14/h2-7,10,13,17,20H,8-9,11-12H2,1H3. The first-order chi connectivity index (χ1) is 12.4. The van der Waals surface area contributed by atoms with E-state index in [-0.39, 0.29) is 11.9 Å². The summed E-state index contributed by atoms with van der Waals surface area (Å²) in [6, 6.07) is 10.3. The van der Waals surface area contributed by atoms with Crippen LogP contribution < -0.4 is 9.62 Å². The molecule has 7 nitrogen and oxygen atoms in total. The number of benzene rings is 1. The van der Waals surface area contributed by atoms with Gasteiger partial charge in [0.2, 0.25) is 10.0 Å². The summed E-state index contributed by atoms with van der Waals surface area (Å²) in [7, 11) is -3.35. The summed E-state index contributed by atoms with van der Waals surface area (Å²) >= 11 is 0. The Labute approximate surface area is 153 Å². The zero-order valence-electron chi connectivity index (χ0n) is 14.5. The molecule has 138 valence electrons. The monoisotopic (exact) mass is 375 g/mol. The van der Waals surface area contributed by atoms with Crippen molar-refractivity contribution in [1.29, 1.82) is 0 Å². The fourth-order valence-electron chi connectivity index (χ4n) is 2.97. The van der Waals surface area contributed by atoms with Gasteiger partial charge in [-0.3, -0.25) is 14.5 Å². The summed E-state index contributed by atoms with van der Waals surface area (Å²) in [6.07, 6.45) is 5.77. The molecule has 0 spiro atoms. The topological polar surface area (TPSA) is 88.6 Å². The number of rotatable bonds is 5. The van der Waals surface area contributed by atoms with Crippen LogP contribution >= 0.6 is 0 Å². The summed E-state index contributed by atoms with van der Waals surface area (Å²) in [4.78, 5) is 18.9. The summed E-state index contributed by atoms with van der Waals surface area (Å²) < 4.78 is 30.6. The molecule has 8 heteroatoms. The van der Waals surface area contributed by atoms with Gasteiger partial charge in [0, 0.05) is 43.0 Å². The van der Waals surface area contributed by atoms with Crippen LogP contribution in [0.4, 0.5) is 11.4 Å². The number of hydrogen-bond donors (Lipinski definition) is 1. The Balaban J connectivity index is 1.91. The van der Waals surface area contributed by atoms with E-state index in [1.54, 1.807) is 53.7 Å². The van der Waals surface area contributed by atoms with Crippen LogP contribution in [0.5, 0.6) is 0 Å². The molecule has 1 N–H and O–H groups in total. The van der Waals surface area contributed by atoms with Gasteiger partial charge in [-0.1, -0.05) is 0 Å². The number of amides is 1. The first kappa shape index (κ1) is 18.3. The molecule has 1 aromatic carbocycles. The average molecular weight is 375 g/mol. The molecular formula is C18H21N3O4S. The van der Waals surface area contributed by atoms with Crippen LogP contribution in [0.15, 0.2) is 48.8 Å². The molecule has 2 heterocycles. The zero-order valence-corrected chi connectivity index (χ0v) is 15.3. The van der Waals surface area contributed by atoms with Crippen molar-refractivity contribution < 1.29 is 17.9 Å². The second-order valence-corrected chi connectivity index (χ2v) is 7.93. The summed E-state index contributed by atoms with van der Waals surface area (Å²) in [6.45, 7) is 1.21. The number of pyridine rings is 1. The van der Waals surface area contributed by atoms with Crippen molar-refractivity contribution in [2.45, 2.75) is 18.9 Å². The predicted octanol–water partition coefficient (Wildman–Crippen LogP) is 2.28. The molecule has 0 unspecified atom stereocenters. The third-order valence-corrected chi connectivity index (χ3v) is 4.74. The lowest BCUT2D eigenvalue weighted by atomic mass is 10.0. The number of sulfonamides is 1. The third-order valence-electron chi connectivity index (χ3n) is 4.13. The van der Waals surface area contributed by atoms with E-state index in [4.69, 9.17) is 4.74 Å². The molecule has 1 aliphatic rings. The minimum atomic E-state index is -3.35. The van der Waals surface area contributed by atoms with Crippen molar-refractivity contribution in [2.24, 2.45) is 0 Å². The molecule has 1 fully saturated rings. The molecule has 1 aliphatic heterocycles. The second-order valence-electron chi connectivity index (χ2n) is 6.18.